The van der Waals surface area contributed by atoms with Gasteiger partial charge in [-0.05, 0) is 49.6 Å². The van der Waals surface area contributed by atoms with Gasteiger partial charge < -0.3 is 10.2 Å². The Balaban J connectivity index is 2.14. The molecule has 1 heterocycles. The van der Waals surface area contributed by atoms with Crippen LogP contribution in [0.5, 0.6) is 0 Å². The van der Waals surface area contributed by atoms with Crippen LogP contribution in [0.4, 0.5) is 23.7 Å². The fourth-order valence-electron chi connectivity index (χ4n) is 2.83. The lowest BCUT2D eigenvalue weighted by atomic mass is 9.95. The minimum Gasteiger partial charge on any atom is -0.323 e. The molecule has 0 aromatic heterocycles. The molecule has 0 unspecified atom stereocenters. The predicted octanol–water partition coefficient (Wildman–Crippen LogP) is 5.11. The van der Waals surface area contributed by atoms with E-state index in [9.17, 15) is 18.0 Å². The van der Waals surface area contributed by atoms with Gasteiger partial charge in [0.2, 0.25) is 0 Å². The van der Waals surface area contributed by atoms with Crippen molar-refractivity contribution in [3.8, 4) is 0 Å². The number of hydrogen-bond acceptors (Lipinski definition) is 2. The van der Waals surface area contributed by atoms with Gasteiger partial charge in [-0.15, -0.1) is 11.8 Å². The zero-order valence-corrected chi connectivity index (χ0v) is 14.7. The van der Waals surface area contributed by atoms with Gasteiger partial charge in [-0.2, -0.15) is 13.2 Å². The lowest BCUT2D eigenvalue weighted by molar-refractivity contribution is -0.164. The molecule has 132 valence electrons. The maximum absolute atomic E-state index is 14.3. The second-order valence-corrected chi connectivity index (χ2v) is 7.97. The molecular formula is C16H18ClF3N2OS. The summed E-state index contributed by atoms with van der Waals surface area (Å²) in [5.41, 5.74) is 0.221. The maximum atomic E-state index is 14.3. The summed E-state index contributed by atoms with van der Waals surface area (Å²) in [5, 5.41) is 2.83. The topological polar surface area (TPSA) is 32.3 Å². The van der Waals surface area contributed by atoms with Gasteiger partial charge in [0, 0.05) is 22.8 Å². The monoisotopic (exact) mass is 378 g/mol. The second-order valence-electron chi connectivity index (χ2n) is 6.21. The molecule has 1 aliphatic heterocycles. The number of rotatable bonds is 4. The molecule has 0 radical (unpaired) electrons. The largest absolute Gasteiger partial charge is 0.409 e. The van der Waals surface area contributed by atoms with Gasteiger partial charge >= 0.3 is 12.2 Å². The number of fused-ring (bicyclic) bond motifs is 1. The number of alkyl halides is 3. The number of benzene rings is 1. The van der Waals surface area contributed by atoms with Crippen LogP contribution in [0.3, 0.4) is 0 Å². The molecule has 0 bridgehead atoms. The van der Waals surface area contributed by atoms with Crippen molar-refractivity contribution < 1.29 is 18.0 Å². The summed E-state index contributed by atoms with van der Waals surface area (Å²) < 4.78 is 40.6. The van der Waals surface area contributed by atoms with E-state index in [1.165, 1.54) is 23.1 Å². The van der Waals surface area contributed by atoms with Crippen molar-refractivity contribution >= 4 is 35.1 Å². The molecule has 3 rings (SSSR count). The highest BCUT2D eigenvalue weighted by molar-refractivity contribution is 8.00. The van der Waals surface area contributed by atoms with E-state index in [0.717, 1.165) is 24.6 Å². The van der Waals surface area contributed by atoms with Crippen LogP contribution in [0.2, 0.25) is 5.02 Å². The minimum atomic E-state index is -4.51. The first-order chi connectivity index (χ1) is 11.3. The van der Waals surface area contributed by atoms with Crippen molar-refractivity contribution in [2.45, 2.75) is 30.7 Å². The van der Waals surface area contributed by atoms with Crippen LogP contribution in [0.15, 0.2) is 18.2 Å². The van der Waals surface area contributed by atoms with Gasteiger partial charge in [-0.3, -0.25) is 0 Å². The number of thioether (sulfide) groups is 1. The summed E-state index contributed by atoms with van der Waals surface area (Å²) in [6.07, 6.45) is -2.57. The molecule has 1 fully saturated rings. The standard InChI is InChI=1S/C16H18ClF3N2OS/c1-2-22-9-15(16(18,19)20,24-8-10-3-4-10)12-7-11(17)5-6-13(12)21-14(22)23/h5-7,10H,2-4,8-9H2,1H3,(H,21,23)/t15-/m1/s1. The molecule has 2 aliphatic rings. The quantitative estimate of drug-likeness (QED) is 0.789. The highest BCUT2D eigenvalue weighted by atomic mass is 35.5. The molecule has 1 saturated carbocycles. The number of carbonyl (C=O) groups is 1. The highest BCUT2D eigenvalue weighted by Gasteiger charge is 2.59. The van der Waals surface area contributed by atoms with Crippen LogP contribution in [-0.4, -0.2) is 35.9 Å². The Labute approximate surface area is 147 Å². The zero-order valence-electron chi connectivity index (χ0n) is 13.1. The number of urea groups is 1. The molecule has 3 nitrogen and oxygen atoms in total. The molecular weight excluding hydrogens is 361 g/mol. The fraction of sp³-hybridized carbons (Fsp3) is 0.562. The second kappa shape index (κ2) is 6.33. The molecule has 1 atom stereocenters. The van der Waals surface area contributed by atoms with E-state index in [1.54, 1.807) is 6.92 Å². The van der Waals surface area contributed by atoms with E-state index >= 15 is 0 Å². The number of likely N-dealkylation sites (N-methyl/N-ethyl adjacent to an activating group) is 1. The third kappa shape index (κ3) is 3.20. The molecule has 8 heteroatoms. The summed E-state index contributed by atoms with van der Waals surface area (Å²) in [6, 6.07) is 3.77. The lowest BCUT2D eigenvalue weighted by Gasteiger charge is -2.37. The number of hydrogen-bond donors (Lipinski definition) is 1. The Bertz CT molecular complexity index is 651. The van der Waals surface area contributed by atoms with Crippen molar-refractivity contribution in [3.05, 3.63) is 28.8 Å². The summed E-state index contributed by atoms with van der Waals surface area (Å²) in [7, 11) is 0. The van der Waals surface area contributed by atoms with Crippen LogP contribution < -0.4 is 5.32 Å². The molecule has 1 aromatic rings. The number of carbonyl (C=O) groups excluding carboxylic acids is 1. The van der Waals surface area contributed by atoms with Crippen molar-refractivity contribution in [1.29, 1.82) is 0 Å². The molecule has 1 aromatic carbocycles. The number of halogens is 4. The molecule has 1 N–H and O–H groups in total. The molecule has 0 spiro atoms. The predicted molar refractivity (Wildman–Crippen MR) is 90.6 cm³/mol. The van der Waals surface area contributed by atoms with Crippen LogP contribution in [-0.2, 0) is 4.75 Å². The Morgan fingerprint density at radius 1 is 1.42 bits per heavy atom. The third-order valence-electron chi connectivity index (χ3n) is 4.46. The van der Waals surface area contributed by atoms with Gasteiger partial charge in [-0.1, -0.05) is 11.6 Å². The Hall–Kier alpha value is -1.08. The normalized spacial score (nSPS) is 24.4. The highest BCUT2D eigenvalue weighted by Crippen LogP contribution is 2.55. The van der Waals surface area contributed by atoms with E-state index in [4.69, 9.17) is 11.6 Å². The summed E-state index contributed by atoms with van der Waals surface area (Å²) in [4.78, 5) is 13.5. The van der Waals surface area contributed by atoms with Gasteiger partial charge in [0.25, 0.3) is 0 Å². The maximum Gasteiger partial charge on any atom is 0.409 e. The average Bonchev–Trinajstić information content (AvgIpc) is 3.32. The Morgan fingerprint density at radius 2 is 2.12 bits per heavy atom. The van der Waals surface area contributed by atoms with Crippen molar-refractivity contribution in [1.82, 2.24) is 4.90 Å². The summed E-state index contributed by atoms with van der Waals surface area (Å²) in [5.74, 6) is 0.760. The first-order valence-corrected chi connectivity index (χ1v) is 9.20. The lowest BCUT2D eigenvalue weighted by Crippen LogP contribution is -2.49. The van der Waals surface area contributed by atoms with E-state index in [0.29, 0.717) is 11.7 Å². The van der Waals surface area contributed by atoms with Crippen molar-refractivity contribution in [3.63, 3.8) is 0 Å². The average molecular weight is 379 g/mol. The van der Waals surface area contributed by atoms with Gasteiger partial charge in [0.05, 0.1) is 6.54 Å². The third-order valence-corrected chi connectivity index (χ3v) is 6.41. The zero-order chi connectivity index (χ0) is 17.5. The van der Waals surface area contributed by atoms with E-state index in [1.807, 2.05) is 0 Å². The van der Waals surface area contributed by atoms with Crippen LogP contribution in [0.1, 0.15) is 25.3 Å². The van der Waals surface area contributed by atoms with Gasteiger partial charge in [0.1, 0.15) is 0 Å². The van der Waals surface area contributed by atoms with E-state index < -0.39 is 23.5 Å². The smallest absolute Gasteiger partial charge is 0.323 e. The summed E-state index contributed by atoms with van der Waals surface area (Å²) in [6.45, 7) is 1.47. The van der Waals surface area contributed by atoms with Gasteiger partial charge in [0.15, 0.2) is 4.75 Å². The molecule has 24 heavy (non-hydrogen) atoms. The van der Waals surface area contributed by atoms with Crippen LogP contribution >= 0.6 is 23.4 Å². The van der Waals surface area contributed by atoms with E-state index in [2.05, 4.69) is 5.32 Å². The van der Waals surface area contributed by atoms with Crippen LogP contribution in [0.25, 0.3) is 0 Å². The number of anilines is 1. The van der Waals surface area contributed by atoms with Crippen molar-refractivity contribution in [2.75, 3.05) is 24.2 Å². The minimum absolute atomic E-state index is 0.0393. The SMILES string of the molecule is CCN1C[C@](SCC2CC2)(C(F)(F)F)c2cc(Cl)ccc2NC1=O. The number of nitrogens with zero attached hydrogens (tertiary/aromatic N) is 1. The first kappa shape index (κ1) is 17.7. The Morgan fingerprint density at radius 3 is 2.71 bits per heavy atom. The molecule has 2 amide bonds. The number of amides is 2. The van der Waals surface area contributed by atoms with Gasteiger partial charge in [-0.25, -0.2) is 4.79 Å². The fourth-order valence-corrected chi connectivity index (χ4v) is 4.59. The van der Waals surface area contributed by atoms with Crippen LogP contribution in [0, 0.1) is 5.92 Å². The Kier molecular flexibility index (Phi) is 4.68. The molecule has 0 saturated heterocycles. The number of nitrogens with one attached hydrogen (secondary N) is 1. The molecule has 1 aliphatic carbocycles. The first-order valence-electron chi connectivity index (χ1n) is 7.83. The van der Waals surface area contributed by atoms with E-state index in [-0.39, 0.29) is 22.8 Å². The van der Waals surface area contributed by atoms with Crippen molar-refractivity contribution in [2.24, 2.45) is 5.92 Å². The summed E-state index contributed by atoms with van der Waals surface area (Å²) >= 11 is 6.88.